The number of amides is 2. The third-order valence-corrected chi connectivity index (χ3v) is 3.56. The van der Waals surface area contributed by atoms with Crippen molar-refractivity contribution in [2.45, 2.75) is 52.0 Å². The van der Waals surface area contributed by atoms with Crippen LogP contribution in [0.3, 0.4) is 0 Å². The van der Waals surface area contributed by atoms with Gasteiger partial charge in [-0.2, -0.15) is 0 Å². The fourth-order valence-corrected chi connectivity index (χ4v) is 2.43. The van der Waals surface area contributed by atoms with Crippen molar-refractivity contribution < 1.29 is 9.59 Å². The zero-order chi connectivity index (χ0) is 14.1. The van der Waals surface area contributed by atoms with Crippen LogP contribution < -0.4 is 10.6 Å². The highest BCUT2D eigenvalue weighted by Crippen LogP contribution is 2.12. The Bertz CT molecular complexity index is 288. The molecule has 1 unspecified atom stereocenters. The Morgan fingerprint density at radius 1 is 1.32 bits per heavy atom. The number of carbonyl (C=O) groups excluding carboxylic acids is 2. The van der Waals surface area contributed by atoms with Crippen LogP contribution in [0.2, 0.25) is 0 Å². The van der Waals surface area contributed by atoms with Crippen molar-refractivity contribution in [2.24, 2.45) is 0 Å². The second-order valence-corrected chi connectivity index (χ2v) is 5.05. The number of rotatable bonds is 7. The zero-order valence-corrected chi connectivity index (χ0v) is 12.2. The molecule has 1 aliphatic rings. The molecule has 0 spiro atoms. The number of nitrogens with one attached hydrogen (secondary N) is 2. The van der Waals surface area contributed by atoms with Crippen LogP contribution in [-0.4, -0.2) is 48.9 Å². The molecular formula is C14H27N3O2. The first-order chi connectivity index (χ1) is 9.17. The molecule has 1 atom stereocenters. The number of piperidine rings is 1. The van der Waals surface area contributed by atoms with Crippen LogP contribution >= 0.6 is 0 Å². The van der Waals surface area contributed by atoms with Crippen LogP contribution in [0.4, 0.5) is 0 Å². The van der Waals surface area contributed by atoms with Crippen LogP contribution in [-0.2, 0) is 9.59 Å². The first-order valence-electron chi connectivity index (χ1n) is 7.45. The van der Waals surface area contributed by atoms with Crippen LogP contribution in [0.25, 0.3) is 0 Å². The molecule has 1 rings (SSSR count). The van der Waals surface area contributed by atoms with E-state index in [4.69, 9.17) is 0 Å². The fraction of sp³-hybridized carbons (Fsp3) is 0.857. The maximum atomic E-state index is 12.1. The van der Waals surface area contributed by atoms with Crippen molar-refractivity contribution in [1.82, 2.24) is 15.5 Å². The molecule has 0 aliphatic carbocycles. The van der Waals surface area contributed by atoms with Crippen molar-refractivity contribution in [2.75, 3.05) is 26.2 Å². The third kappa shape index (κ3) is 6.05. The molecule has 0 aromatic rings. The van der Waals surface area contributed by atoms with Crippen LogP contribution in [0, 0.1) is 0 Å². The highest BCUT2D eigenvalue weighted by molar-refractivity contribution is 5.84. The molecule has 2 amide bonds. The quantitative estimate of drug-likeness (QED) is 0.721. The molecule has 2 N–H and O–H groups in total. The van der Waals surface area contributed by atoms with Gasteiger partial charge in [0.25, 0.3) is 0 Å². The zero-order valence-electron chi connectivity index (χ0n) is 12.2. The van der Waals surface area contributed by atoms with Gasteiger partial charge in [-0.1, -0.05) is 6.42 Å². The van der Waals surface area contributed by atoms with E-state index in [1.165, 1.54) is 12.8 Å². The Hall–Kier alpha value is -1.10. The van der Waals surface area contributed by atoms with Gasteiger partial charge in [0.05, 0.1) is 6.54 Å². The maximum absolute atomic E-state index is 12.1. The van der Waals surface area contributed by atoms with Crippen molar-refractivity contribution in [1.29, 1.82) is 0 Å². The number of likely N-dealkylation sites (N-methyl/N-ethyl adjacent to an activating group) is 2. The van der Waals surface area contributed by atoms with Gasteiger partial charge in [-0.3, -0.25) is 9.59 Å². The van der Waals surface area contributed by atoms with E-state index in [1.807, 2.05) is 13.8 Å². The number of nitrogens with zero attached hydrogens (tertiary/aromatic N) is 1. The maximum Gasteiger partial charge on any atom is 0.239 e. The average molecular weight is 269 g/mol. The van der Waals surface area contributed by atoms with Crippen molar-refractivity contribution in [3.05, 3.63) is 0 Å². The van der Waals surface area contributed by atoms with Crippen LogP contribution in [0.5, 0.6) is 0 Å². The second kappa shape index (κ2) is 8.91. The summed E-state index contributed by atoms with van der Waals surface area (Å²) >= 11 is 0. The molecular weight excluding hydrogens is 242 g/mol. The Kier molecular flexibility index (Phi) is 7.48. The van der Waals surface area contributed by atoms with E-state index in [2.05, 4.69) is 10.6 Å². The summed E-state index contributed by atoms with van der Waals surface area (Å²) in [5, 5.41) is 6.17. The third-order valence-electron chi connectivity index (χ3n) is 3.56. The Balaban J connectivity index is 2.29. The summed E-state index contributed by atoms with van der Waals surface area (Å²) in [5.74, 6) is 0.00891. The summed E-state index contributed by atoms with van der Waals surface area (Å²) in [6.07, 6.45) is 5.07. The lowest BCUT2D eigenvalue weighted by Crippen LogP contribution is -2.41. The van der Waals surface area contributed by atoms with Gasteiger partial charge >= 0.3 is 0 Å². The highest BCUT2D eigenvalue weighted by Gasteiger charge is 2.18. The molecule has 0 aromatic heterocycles. The first kappa shape index (κ1) is 16.0. The minimum atomic E-state index is -0.0755. The molecule has 1 aliphatic heterocycles. The summed E-state index contributed by atoms with van der Waals surface area (Å²) in [6, 6.07) is 0.473. The summed E-state index contributed by atoms with van der Waals surface area (Å²) in [7, 11) is 0. The fourth-order valence-electron chi connectivity index (χ4n) is 2.43. The van der Waals surface area contributed by atoms with Gasteiger partial charge < -0.3 is 15.5 Å². The molecule has 5 nitrogen and oxygen atoms in total. The van der Waals surface area contributed by atoms with Crippen molar-refractivity contribution in [3.63, 3.8) is 0 Å². The molecule has 0 aromatic carbocycles. The Morgan fingerprint density at radius 3 is 2.68 bits per heavy atom. The molecule has 0 radical (unpaired) electrons. The normalized spacial score (nSPS) is 18.9. The monoisotopic (exact) mass is 269 g/mol. The molecule has 1 fully saturated rings. The predicted octanol–water partition coefficient (Wildman–Crippen LogP) is 0.893. The summed E-state index contributed by atoms with van der Waals surface area (Å²) in [4.78, 5) is 25.2. The molecule has 1 heterocycles. The second-order valence-electron chi connectivity index (χ2n) is 5.05. The van der Waals surface area contributed by atoms with Gasteiger partial charge in [-0.05, 0) is 39.7 Å². The van der Waals surface area contributed by atoms with Crippen molar-refractivity contribution in [3.8, 4) is 0 Å². The lowest BCUT2D eigenvalue weighted by Gasteiger charge is -2.25. The predicted molar refractivity (Wildman–Crippen MR) is 75.8 cm³/mol. The van der Waals surface area contributed by atoms with E-state index in [-0.39, 0.29) is 18.4 Å². The lowest BCUT2D eigenvalue weighted by atomic mass is 10.0. The van der Waals surface area contributed by atoms with E-state index in [0.29, 0.717) is 25.6 Å². The Labute approximate surface area is 116 Å². The van der Waals surface area contributed by atoms with Gasteiger partial charge in [0.1, 0.15) is 0 Å². The lowest BCUT2D eigenvalue weighted by molar-refractivity contribution is -0.136. The largest absolute Gasteiger partial charge is 0.355 e. The molecule has 5 heteroatoms. The van der Waals surface area contributed by atoms with Gasteiger partial charge in [0.15, 0.2) is 0 Å². The molecule has 0 bridgehead atoms. The molecule has 19 heavy (non-hydrogen) atoms. The average Bonchev–Trinajstić information content (AvgIpc) is 2.43. The topological polar surface area (TPSA) is 61.4 Å². The van der Waals surface area contributed by atoms with Gasteiger partial charge in [-0.15, -0.1) is 0 Å². The Morgan fingerprint density at radius 2 is 2.11 bits per heavy atom. The molecule has 0 saturated carbocycles. The highest BCUT2D eigenvalue weighted by atomic mass is 16.2. The van der Waals surface area contributed by atoms with E-state index < -0.39 is 0 Å². The van der Waals surface area contributed by atoms with E-state index in [9.17, 15) is 9.59 Å². The van der Waals surface area contributed by atoms with Gasteiger partial charge in [0, 0.05) is 25.6 Å². The van der Waals surface area contributed by atoms with Gasteiger partial charge in [-0.25, -0.2) is 0 Å². The minimum absolute atomic E-state index is 0.0755. The SMILES string of the molecule is CCNC(=O)CN(CC)C(=O)CCC1CCCCN1. The van der Waals surface area contributed by atoms with E-state index >= 15 is 0 Å². The summed E-state index contributed by atoms with van der Waals surface area (Å²) in [5.41, 5.74) is 0. The van der Waals surface area contributed by atoms with Gasteiger partial charge in [0.2, 0.25) is 11.8 Å². The summed E-state index contributed by atoms with van der Waals surface area (Å²) < 4.78 is 0. The van der Waals surface area contributed by atoms with E-state index in [1.54, 1.807) is 4.90 Å². The van der Waals surface area contributed by atoms with Crippen LogP contribution in [0.15, 0.2) is 0 Å². The van der Waals surface area contributed by atoms with Crippen LogP contribution in [0.1, 0.15) is 46.0 Å². The number of hydrogen-bond acceptors (Lipinski definition) is 3. The number of hydrogen-bond donors (Lipinski definition) is 2. The standard InChI is InChI=1S/C14H27N3O2/c1-3-15-13(18)11-17(4-2)14(19)9-8-12-7-5-6-10-16-12/h12,16H,3-11H2,1-2H3,(H,15,18). The summed E-state index contributed by atoms with van der Waals surface area (Å²) in [6.45, 7) is 6.24. The van der Waals surface area contributed by atoms with Crippen molar-refractivity contribution >= 4 is 11.8 Å². The minimum Gasteiger partial charge on any atom is -0.355 e. The smallest absolute Gasteiger partial charge is 0.239 e. The molecule has 1 saturated heterocycles. The first-order valence-corrected chi connectivity index (χ1v) is 7.45. The van der Waals surface area contributed by atoms with E-state index in [0.717, 1.165) is 19.4 Å². The number of carbonyl (C=O) groups is 2. The molecule has 110 valence electrons.